The van der Waals surface area contributed by atoms with Crippen LogP contribution in [0.4, 0.5) is 0 Å². The average Bonchev–Trinajstić information content (AvgIpc) is 2.25. The maximum atomic E-state index is 11.7. The molecule has 0 aliphatic carbocycles. The van der Waals surface area contributed by atoms with Gasteiger partial charge in [0.1, 0.15) is 0 Å². The molecule has 7 heteroatoms. The van der Waals surface area contributed by atoms with Crippen molar-refractivity contribution in [1.29, 1.82) is 5.26 Å². The van der Waals surface area contributed by atoms with Gasteiger partial charge in [0.2, 0.25) is 0 Å². The van der Waals surface area contributed by atoms with Crippen LogP contribution in [0.2, 0.25) is 0 Å². The van der Waals surface area contributed by atoms with E-state index < -0.39 is 19.7 Å². The number of hydrogen-bond donors (Lipinski definition) is 0. The molecule has 0 N–H and O–H groups in total. The van der Waals surface area contributed by atoms with E-state index in [2.05, 4.69) is 0 Å². The predicted molar refractivity (Wildman–Crippen MR) is 61.8 cm³/mol. The van der Waals surface area contributed by atoms with Crippen LogP contribution in [0.15, 0.2) is 34.1 Å². The van der Waals surface area contributed by atoms with Crippen LogP contribution < -0.4 is 0 Å². The number of nitrogens with zero attached hydrogens (tertiary/aromatic N) is 1. The molecule has 0 amide bonds. The lowest BCUT2D eigenvalue weighted by Gasteiger charge is -2.03. The van der Waals surface area contributed by atoms with Crippen molar-refractivity contribution in [1.82, 2.24) is 0 Å². The van der Waals surface area contributed by atoms with Gasteiger partial charge >= 0.3 is 0 Å². The van der Waals surface area contributed by atoms with Gasteiger partial charge in [0.15, 0.2) is 19.7 Å². The van der Waals surface area contributed by atoms with Gasteiger partial charge in [-0.2, -0.15) is 5.26 Å². The summed E-state index contributed by atoms with van der Waals surface area (Å²) in [7, 11) is -6.83. The molecule has 92 valence electrons. The van der Waals surface area contributed by atoms with E-state index in [0.29, 0.717) is 0 Å². The second kappa shape index (κ2) is 4.85. The Kier molecular flexibility index (Phi) is 3.91. The quantitative estimate of drug-likeness (QED) is 0.808. The monoisotopic (exact) mass is 273 g/mol. The molecule has 0 fully saturated rings. The highest BCUT2D eigenvalue weighted by molar-refractivity contribution is 7.91. The molecule has 0 radical (unpaired) electrons. The number of hydrogen-bond acceptors (Lipinski definition) is 5. The van der Waals surface area contributed by atoms with Crippen molar-refractivity contribution >= 4 is 19.7 Å². The highest BCUT2D eigenvalue weighted by Gasteiger charge is 2.15. The number of rotatable bonds is 4. The molecule has 0 saturated carbocycles. The molecule has 5 nitrogen and oxygen atoms in total. The Morgan fingerprint density at radius 3 is 1.94 bits per heavy atom. The molecule has 0 aromatic heterocycles. The zero-order valence-corrected chi connectivity index (χ0v) is 10.8. The number of benzene rings is 1. The topological polar surface area (TPSA) is 92.1 Å². The molecule has 1 aromatic rings. The second-order valence-corrected chi connectivity index (χ2v) is 7.60. The van der Waals surface area contributed by atoms with Gasteiger partial charge in [-0.15, -0.1) is 0 Å². The SMILES string of the molecule is CS(=O)(=O)c1ccc(S(=O)(=O)CCC#N)cc1. The molecule has 0 saturated heterocycles. The standard InChI is InChI=1S/C10H11NO4S2/c1-16(12,13)9-3-5-10(6-4-9)17(14,15)8-2-7-11/h3-6H,2,8H2,1H3. The molecular formula is C10H11NO4S2. The smallest absolute Gasteiger partial charge is 0.179 e. The zero-order chi connectivity index (χ0) is 13.1. The third kappa shape index (κ3) is 3.54. The maximum Gasteiger partial charge on any atom is 0.179 e. The summed E-state index contributed by atoms with van der Waals surface area (Å²) < 4.78 is 45.6. The predicted octanol–water partition coefficient (Wildman–Crippen LogP) is 0.777. The number of nitriles is 1. The molecule has 0 atom stereocenters. The molecule has 17 heavy (non-hydrogen) atoms. The fraction of sp³-hybridized carbons (Fsp3) is 0.300. The van der Waals surface area contributed by atoms with Gasteiger partial charge in [-0.05, 0) is 24.3 Å². The van der Waals surface area contributed by atoms with E-state index in [1.165, 1.54) is 24.3 Å². The minimum Gasteiger partial charge on any atom is -0.224 e. The Hall–Kier alpha value is -1.39. The van der Waals surface area contributed by atoms with Crippen LogP contribution in [0.3, 0.4) is 0 Å². The van der Waals surface area contributed by atoms with Crippen molar-refractivity contribution in [2.24, 2.45) is 0 Å². The fourth-order valence-corrected chi connectivity index (χ4v) is 2.97. The minimum atomic E-state index is -3.50. The zero-order valence-electron chi connectivity index (χ0n) is 9.12. The van der Waals surface area contributed by atoms with Crippen LogP contribution in [0, 0.1) is 11.3 Å². The summed E-state index contributed by atoms with van der Waals surface area (Å²) in [6.07, 6.45) is 0.961. The van der Waals surface area contributed by atoms with Crippen molar-refractivity contribution in [3.05, 3.63) is 24.3 Å². The molecule has 0 unspecified atom stereocenters. The Morgan fingerprint density at radius 2 is 1.53 bits per heavy atom. The van der Waals surface area contributed by atoms with Crippen molar-refractivity contribution < 1.29 is 16.8 Å². The van der Waals surface area contributed by atoms with E-state index in [1.807, 2.05) is 0 Å². The fourth-order valence-electron chi connectivity index (χ4n) is 1.19. The maximum absolute atomic E-state index is 11.7. The summed E-state index contributed by atoms with van der Waals surface area (Å²) in [6, 6.07) is 6.72. The van der Waals surface area contributed by atoms with Crippen LogP contribution in [0.25, 0.3) is 0 Å². The summed E-state index contributed by atoms with van der Waals surface area (Å²) in [5, 5.41) is 8.33. The first-order valence-electron chi connectivity index (χ1n) is 4.67. The Bertz CT molecular complexity index is 637. The summed E-state index contributed by atoms with van der Waals surface area (Å²) in [6.45, 7) is 0. The lowest BCUT2D eigenvalue weighted by molar-refractivity contribution is 0.594. The van der Waals surface area contributed by atoms with Gasteiger partial charge in [-0.1, -0.05) is 0 Å². The minimum absolute atomic E-state index is 0.0279. The Balaban J connectivity index is 3.08. The van der Waals surface area contributed by atoms with E-state index in [1.54, 1.807) is 6.07 Å². The van der Waals surface area contributed by atoms with E-state index in [-0.39, 0.29) is 22.0 Å². The lowest BCUT2D eigenvalue weighted by Crippen LogP contribution is -2.06. The van der Waals surface area contributed by atoms with E-state index >= 15 is 0 Å². The third-order valence-corrected chi connectivity index (χ3v) is 4.95. The molecule has 0 aliphatic heterocycles. The molecule has 0 spiro atoms. The average molecular weight is 273 g/mol. The Morgan fingerprint density at radius 1 is 1.06 bits per heavy atom. The van der Waals surface area contributed by atoms with Crippen molar-refractivity contribution in [2.45, 2.75) is 16.2 Å². The number of sulfone groups is 2. The van der Waals surface area contributed by atoms with Crippen molar-refractivity contribution in [3.8, 4) is 6.07 Å². The summed E-state index contributed by atoms with van der Waals surface area (Å²) in [4.78, 5) is 0.0943. The van der Waals surface area contributed by atoms with Gasteiger partial charge in [0.05, 0.1) is 21.6 Å². The molecule has 0 heterocycles. The van der Waals surface area contributed by atoms with E-state index in [0.717, 1.165) is 6.26 Å². The lowest BCUT2D eigenvalue weighted by atomic mass is 10.4. The second-order valence-electron chi connectivity index (χ2n) is 3.47. The molecule has 1 aromatic carbocycles. The first kappa shape index (κ1) is 13.7. The van der Waals surface area contributed by atoms with Crippen LogP contribution in [-0.4, -0.2) is 28.8 Å². The normalized spacial score (nSPS) is 12.0. The summed E-state index contributed by atoms with van der Waals surface area (Å²) in [5.41, 5.74) is 0. The van der Waals surface area contributed by atoms with Gasteiger partial charge in [-0.25, -0.2) is 16.8 Å². The van der Waals surface area contributed by atoms with E-state index in [9.17, 15) is 16.8 Å². The van der Waals surface area contributed by atoms with Crippen LogP contribution in [0.1, 0.15) is 6.42 Å². The largest absolute Gasteiger partial charge is 0.224 e. The summed E-state index contributed by atoms with van der Waals surface area (Å²) in [5.74, 6) is -0.262. The first-order valence-corrected chi connectivity index (χ1v) is 8.21. The molecule has 1 rings (SSSR count). The molecular weight excluding hydrogens is 262 g/mol. The van der Waals surface area contributed by atoms with Crippen molar-refractivity contribution in [3.63, 3.8) is 0 Å². The third-order valence-electron chi connectivity index (χ3n) is 2.09. The van der Waals surface area contributed by atoms with Gasteiger partial charge in [-0.3, -0.25) is 0 Å². The van der Waals surface area contributed by atoms with E-state index in [4.69, 9.17) is 5.26 Å². The van der Waals surface area contributed by atoms with Crippen LogP contribution in [0.5, 0.6) is 0 Å². The first-order chi connectivity index (χ1) is 7.77. The van der Waals surface area contributed by atoms with Gasteiger partial charge < -0.3 is 0 Å². The highest BCUT2D eigenvalue weighted by Crippen LogP contribution is 2.16. The Labute approximate surface area is 101 Å². The highest BCUT2D eigenvalue weighted by atomic mass is 32.2. The van der Waals surface area contributed by atoms with Crippen LogP contribution >= 0.6 is 0 Å². The summed E-state index contributed by atoms with van der Waals surface area (Å²) >= 11 is 0. The van der Waals surface area contributed by atoms with Crippen molar-refractivity contribution in [2.75, 3.05) is 12.0 Å². The van der Waals surface area contributed by atoms with Crippen LogP contribution in [-0.2, 0) is 19.7 Å². The molecule has 0 bridgehead atoms. The van der Waals surface area contributed by atoms with Gasteiger partial charge in [0.25, 0.3) is 0 Å². The van der Waals surface area contributed by atoms with Gasteiger partial charge in [0, 0.05) is 12.7 Å². The molecule has 0 aliphatic rings.